The van der Waals surface area contributed by atoms with Gasteiger partial charge in [-0.3, -0.25) is 9.59 Å². The zero-order chi connectivity index (χ0) is 18.9. The van der Waals surface area contributed by atoms with Crippen molar-refractivity contribution in [1.29, 1.82) is 0 Å². The van der Waals surface area contributed by atoms with Crippen molar-refractivity contribution in [2.24, 2.45) is 11.8 Å². The van der Waals surface area contributed by atoms with Gasteiger partial charge in [-0.15, -0.1) is 0 Å². The summed E-state index contributed by atoms with van der Waals surface area (Å²) < 4.78 is 5.51. The van der Waals surface area contributed by atoms with Gasteiger partial charge in [0.05, 0.1) is 11.8 Å². The predicted molar refractivity (Wildman–Crippen MR) is 99.4 cm³/mol. The minimum absolute atomic E-state index is 0.271. The van der Waals surface area contributed by atoms with Gasteiger partial charge in [-0.2, -0.15) is 0 Å². The Morgan fingerprint density at radius 2 is 1.72 bits per heavy atom. The smallest absolute Gasteiger partial charge is 0.309 e. The SMILES string of the molecule is CCCC[C@@H](C[C@@H](CCc1ccccc1)C(=O)O)C(=O)OC(C)(C)C. The Balaban J connectivity index is 2.74. The molecule has 0 saturated carbocycles. The molecule has 0 heterocycles. The summed E-state index contributed by atoms with van der Waals surface area (Å²) in [6, 6.07) is 9.86. The summed E-state index contributed by atoms with van der Waals surface area (Å²) in [5.41, 5.74) is 0.570. The third-order valence-corrected chi connectivity index (χ3v) is 4.19. The van der Waals surface area contributed by atoms with E-state index in [4.69, 9.17) is 4.74 Å². The highest BCUT2D eigenvalue weighted by atomic mass is 16.6. The first-order chi connectivity index (χ1) is 11.7. The fraction of sp³-hybridized carbons (Fsp3) is 0.619. The summed E-state index contributed by atoms with van der Waals surface area (Å²) >= 11 is 0. The second-order valence-electron chi connectivity index (χ2n) is 7.67. The lowest BCUT2D eigenvalue weighted by molar-refractivity contribution is -0.161. The molecule has 140 valence electrons. The van der Waals surface area contributed by atoms with Crippen LogP contribution in [0.25, 0.3) is 0 Å². The number of aliphatic carboxylic acids is 1. The summed E-state index contributed by atoms with van der Waals surface area (Å²) in [6.07, 6.45) is 4.13. The van der Waals surface area contributed by atoms with Gasteiger partial charge in [0.25, 0.3) is 0 Å². The monoisotopic (exact) mass is 348 g/mol. The lowest BCUT2D eigenvalue weighted by Crippen LogP contribution is -2.31. The van der Waals surface area contributed by atoms with Gasteiger partial charge in [0, 0.05) is 0 Å². The van der Waals surface area contributed by atoms with E-state index < -0.39 is 17.5 Å². The highest BCUT2D eigenvalue weighted by Crippen LogP contribution is 2.25. The van der Waals surface area contributed by atoms with Crippen molar-refractivity contribution in [2.45, 2.75) is 71.8 Å². The van der Waals surface area contributed by atoms with Crippen molar-refractivity contribution in [3.63, 3.8) is 0 Å². The molecule has 1 rings (SSSR count). The molecule has 4 nitrogen and oxygen atoms in total. The molecule has 0 spiro atoms. The molecule has 25 heavy (non-hydrogen) atoms. The number of carbonyl (C=O) groups excluding carboxylic acids is 1. The van der Waals surface area contributed by atoms with E-state index in [-0.39, 0.29) is 11.9 Å². The van der Waals surface area contributed by atoms with E-state index in [9.17, 15) is 14.7 Å². The molecule has 0 aliphatic carbocycles. The topological polar surface area (TPSA) is 63.6 Å². The van der Waals surface area contributed by atoms with E-state index in [0.29, 0.717) is 25.7 Å². The average molecular weight is 348 g/mol. The standard InChI is InChI=1S/C21H32O4/c1-5-6-12-18(20(24)25-21(2,3)4)15-17(19(22)23)14-13-16-10-8-7-9-11-16/h7-11,17-18H,5-6,12-15H2,1-4H3,(H,22,23)/t17-,18+/m1/s1. The van der Waals surface area contributed by atoms with Crippen molar-refractivity contribution in [3.05, 3.63) is 35.9 Å². The van der Waals surface area contributed by atoms with E-state index in [2.05, 4.69) is 6.92 Å². The molecule has 0 aliphatic heterocycles. The van der Waals surface area contributed by atoms with Crippen LogP contribution in [0.15, 0.2) is 30.3 Å². The number of rotatable bonds is 10. The van der Waals surface area contributed by atoms with Gasteiger partial charge in [-0.05, 0) is 52.0 Å². The molecule has 0 radical (unpaired) electrons. The summed E-state index contributed by atoms with van der Waals surface area (Å²) in [5, 5.41) is 9.59. The highest BCUT2D eigenvalue weighted by Gasteiger charge is 2.30. The van der Waals surface area contributed by atoms with E-state index >= 15 is 0 Å². The normalized spacial score (nSPS) is 13.9. The Kier molecular flexibility index (Phi) is 8.67. The second-order valence-corrected chi connectivity index (χ2v) is 7.67. The summed E-state index contributed by atoms with van der Waals surface area (Å²) in [6.45, 7) is 7.58. The van der Waals surface area contributed by atoms with Crippen molar-refractivity contribution in [2.75, 3.05) is 0 Å². The van der Waals surface area contributed by atoms with Gasteiger partial charge < -0.3 is 9.84 Å². The van der Waals surface area contributed by atoms with Gasteiger partial charge in [0.1, 0.15) is 5.60 Å². The third-order valence-electron chi connectivity index (χ3n) is 4.19. The Morgan fingerprint density at radius 1 is 1.08 bits per heavy atom. The Labute approximate surface area is 151 Å². The van der Waals surface area contributed by atoms with Gasteiger partial charge in [-0.1, -0.05) is 50.1 Å². The minimum atomic E-state index is -0.832. The van der Waals surface area contributed by atoms with Gasteiger partial charge >= 0.3 is 11.9 Å². The van der Waals surface area contributed by atoms with Gasteiger partial charge in [-0.25, -0.2) is 0 Å². The molecule has 1 N–H and O–H groups in total. The number of hydrogen-bond donors (Lipinski definition) is 1. The molecular weight excluding hydrogens is 316 g/mol. The minimum Gasteiger partial charge on any atom is -0.481 e. The molecule has 4 heteroatoms. The highest BCUT2D eigenvalue weighted by molar-refractivity contribution is 5.75. The lowest BCUT2D eigenvalue weighted by atomic mass is 9.87. The van der Waals surface area contributed by atoms with E-state index in [1.807, 2.05) is 51.1 Å². The average Bonchev–Trinajstić information content (AvgIpc) is 2.53. The lowest BCUT2D eigenvalue weighted by Gasteiger charge is -2.25. The van der Waals surface area contributed by atoms with E-state index in [1.54, 1.807) is 0 Å². The molecular formula is C21H32O4. The van der Waals surface area contributed by atoms with Crippen LogP contribution < -0.4 is 0 Å². The number of esters is 1. The van der Waals surface area contributed by atoms with Crippen LogP contribution in [0.2, 0.25) is 0 Å². The molecule has 0 saturated heterocycles. The van der Waals surface area contributed by atoms with Crippen molar-refractivity contribution < 1.29 is 19.4 Å². The number of unbranched alkanes of at least 4 members (excludes halogenated alkanes) is 1. The van der Waals surface area contributed by atoms with Crippen LogP contribution >= 0.6 is 0 Å². The maximum absolute atomic E-state index is 12.5. The molecule has 0 unspecified atom stereocenters. The molecule has 1 aromatic rings. The van der Waals surface area contributed by atoms with E-state index in [0.717, 1.165) is 18.4 Å². The van der Waals surface area contributed by atoms with Crippen LogP contribution in [0.5, 0.6) is 0 Å². The molecule has 1 aromatic carbocycles. The summed E-state index contributed by atoms with van der Waals surface area (Å²) in [7, 11) is 0. The number of benzene rings is 1. The first kappa shape index (κ1) is 21.2. The third kappa shape index (κ3) is 8.71. The fourth-order valence-corrected chi connectivity index (χ4v) is 2.84. The van der Waals surface area contributed by atoms with Gasteiger partial charge in [0.15, 0.2) is 0 Å². The summed E-state index contributed by atoms with van der Waals surface area (Å²) in [5.74, 6) is -1.99. The number of carbonyl (C=O) groups is 2. The molecule has 0 aliphatic rings. The molecule has 0 fully saturated rings. The first-order valence-corrected chi connectivity index (χ1v) is 9.22. The maximum atomic E-state index is 12.5. The molecule has 0 aromatic heterocycles. The maximum Gasteiger partial charge on any atom is 0.309 e. The van der Waals surface area contributed by atoms with Crippen LogP contribution in [0.1, 0.15) is 65.4 Å². The van der Waals surface area contributed by atoms with E-state index in [1.165, 1.54) is 0 Å². The molecule has 2 atom stereocenters. The first-order valence-electron chi connectivity index (χ1n) is 9.22. The van der Waals surface area contributed by atoms with Crippen molar-refractivity contribution >= 4 is 11.9 Å². The zero-order valence-electron chi connectivity index (χ0n) is 16.0. The number of aryl methyl sites for hydroxylation is 1. The van der Waals surface area contributed by atoms with Gasteiger partial charge in [0.2, 0.25) is 0 Å². The van der Waals surface area contributed by atoms with Crippen LogP contribution in [0, 0.1) is 11.8 Å². The van der Waals surface area contributed by atoms with Crippen LogP contribution in [-0.4, -0.2) is 22.6 Å². The van der Waals surface area contributed by atoms with Crippen LogP contribution in [-0.2, 0) is 20.7 Å². The van der Waals surface area contributed by atoms with Crippen molar-refractivity contribution in [3.8, 4) is 0 Å². The van der Waals surface area contributed by atoms with Crippen LogP contribution in [0.4, 0.5) is 0 Å². The van der Waals surface area contributed by atoms with Crippen molar-refractivity contribution in [1.82, 2.24) is 0 Å². The predicted octanol–water partition coefficient (Wildman–Crippen LogP) is 4.86. The summed E-state index contributed by atoms with van der Waals surface area (Å²) in [4.78, 5) is 24.2. The zero-order valence-corrected chi connectivity index (χ0v) is 16.0. The number of hydrogen-bond acceptors (Lipinski definition) is 3. The number of ether oxygens (including phenoxy) is 1. The van der Waals surface area contributed by atoms with Crippen LogP contribution in [0.3, 0.4) is 0 Å². The molecule has 0 amide bonds. The Morgan fingerprint density at radius 3 is 2.24 bits per heavy atom. The quantitative estimate of drug-likeness (QED) is 0.613. The largest absolute Gasteiger partial charge is 0.481 e. The number of carboxylic acids is 1. The Hall–Kier alpha value is -1.84. The number of carboxylic acid groups (broad SMARTS) is 1. The Bertz CT molecular complexity index is 531. The molecule has 0 bridgehead atoms. The second kappa shape index (κ2) is 10.2. The fourth-order valence-electron chi connectivity index (χ4n) is 2.84.